The third-order valence-corrected chi connectivity index (χ3v) is 3.77. The Labute approximate surface area is 144 Å². The first-order valence-electron chi connectivity index (χ1n) is 7.66. The number of aromatic nitrogens is 3. The summed E-state index contributed by atoms with van der Waals surface area (Å²) in [6.45, 7) is 3.67. The third-order valence-electron chi connectivity index (χ3n) is 3.77. The fraction of sp³-hybridized carbons (Fsp3) is 0.222. The number of benzene rings is 1. The first-order valence-corrected chi connectivity index (χ1v) is 7.66. The molecule has 128 valence electrons. The standard InChI is InChI=1S/C18H18N4O3/c1-10(12-5-6-17(23)19-9-12)20-18-13-7-15(24-3)16(25-4)8-14(13)21-11(2)22-18/h5-9H,1-4H3,(H,19,23). The van der Waals surface area contributed by atoms with Gasteiger partial charge in [0.2, 0.25) is 5.56 Å². The molecule has 1 aromatic carbocycles. The van der Waals surface area contributed by atoms with E-state index in [9.17, 15) is 4.79 Å². The molecular weight excluding hydrogens is 320 g/mol. The summed E-state index contributed by atoms with van der Waals surface area (Å²) in [4.78, 5) is 27.4. The Balaban J connectivity index is 2.19. The predicted octanol–water partition coefficient (Wildman–Crippen LogP) is 2.78. The molecular formula is C18H18N4O3. The zero-order valence-corrected chi connectivity index (χ0v) is 14.5. The van der Waals surface area contributed by atoms with Crippen LogP contribution in [0.3, 0.4) is 0 Å². The van der Waals surface area contributed by atoms with Crippen molar-refractivity contribution in [2.45, 2.75) is 13.8 Å². The lowest BCUT2D eigenvalue weighted by molar-refractivity contribution is 0.356. The minimum absolute atomic E-state index is 0.156. The van der Waals surface area contributed by atoms with Gasteiger partial charge in [0.05, 0.1) is 19.7 Å². The number of methoxy groups -OCH3 is 2. The number of hydrogen-bond donors (Lipinski definition) is 1. The lowest BCUT2D eigenvalue weighted by Gasteiger charge is -2.10. The second kappa shape index (κ2) is 6.72. The number of H-pyrrole nitrogens is 1. The average Bonchev–Trinajstić information content (AvgIpc) is 2.61. The monoisotopic (exact) mass is 338 g/mol. The van der Waals surface area contributed by atoms with Crippen molar-refractivity contribution in [3.8, 4) is 11.5 Å². The van der Waals surface area contributed by atoms with Gasteiger partial charge in [-0.15, -0.1) is 0 Å². The highest BCUT2D eigenvalue weighted by Gasteiger charge is 2.12. The molecule has 0 bridgehead atoms. The summed E-state index contributed by atoms with van der Waals surface area (Å²) in [5.74, 6) is 2.32. The van der Waals surface area contributed by atoms with E-state index in [-0.39, 0.29) is 5.56 Å². The van der Waals surface area contributed by atoms with Crippen LogP contribution in [0.25, 0.3) is 10.9 Å². The molecule has 0 saturated heterocycles. The molecule has 0 aliphatic heterocycles. The molecule has 7 nitrogen and oxygen atoms in total. The molecule has 2 heterocycles. The maximum absolute atomic E-state index is 11.2. The number of ether oxygens (including phenoxy) is 2. The summed E-state index contributed by atoms with van der Waals surface area (Å²) >= 11 is 0. The lowest BCUT2D eigenvalue weighted by Crippen LogP contribution is -2.05. The van der Waals surface area contributed by atoms with Gasteiger partial charge in [0, 0.05) is 35.0 Å². The number of aromatic amines is 1. The van der Waals surface area contributed by atoms with Gasteiger partial charge in [0.25, 0.3) is 0 Å². The first-order chi connectivity index (χ1) is 12.0. The fourth-order valence-corrected chi connectivity index (χ4v) is 2.50. The zero-order valence-electron chi connectivity index (χ0n) is 14.5. The normalized spacial score (nSPS) is 11.6. The minimum Gasteiger partial charge on any atom is -0.493 e. The van der Waals surface area contributed by atoms with Crippen LogP contribution in [0, 0.1) is 6.92 Å². The van der Waals surface area contributed by atoms with Gasteiger partial charge in [0.15, 0.2) is 17.3 Å². The number of aryl methyl sites for hydroxylation is 1. The summed E-state index contributed by atoms with van der Waals surface area (Å²) in [6.07, 6.45) is 1.63. The van der Waals surface area contributed by atoms with Gasteiger partial charge >= 0.3 is 0 Å². The van der Waals surface area contributed by atoms with E-state index >= 15 is 0 Å². The molecule has 2 aromatic heterocycles. The van der Waals surface area contributed by atoms with Gasteiger partial charge in [-0.25, -0.2) is 15.0 Å². The molecule has 0 radical (unpaired) electrons. The summed E-state index contributed by atoms with van der Waals surface area (Å²) < 4.78 is 10.7. The summed E-state index contributed by atoms with van der Waals surface area (Å²) in [6, 6.07) is 6.80. The lowest BCUT2D eigenvalue weighted by atomic mass is 10.2. The number of pyridine rings is 1. The molecule has 0 saturated carbocycles. The van der Waals surface area contributed by atoms with E-state index in [0.717, 1.165) is 22.2 Å². The average molecular weight is 338 g/mol. The number of nitrogens with zero attached hydrogens (tertiary/aromatic N) is 3. The Hall–Kier alpha value is -3.22. The maximum atomic E-state index is 11.2. The number of aliphatic imine (C=N–C) groups is 1. The maximum Gasteiger partial charge on any atom is 0.247 e. The van der Waals surface area contributed by atoms with Crippen LogP contribution >= 0.6 is 0 Å². The molecule has 7 heteroatoms. The van der Waals surface area contributed by atoms with Crippen LogP contribution < -0.4 is 15.0 Å². The van der Waals surface area contributed by atoms with E-state index in [1.54, 1.807) is 32.5 Å². The zero-order chi connectivity index (χ0) is 18.0. The summed E-state index contributed by atoms with van der Waals surface area (Å²) in [7, 11) is 3.16. The molecule has 1 N–H and O–H groups in total. The van der Waals surface area contributed by atoms with Crippen LogP contribution in [0.1, 0.15) is 18.3 Å². The van der Waals surface area contributed by atoms with E-state index in [0.29, 0.717) is 23.1 Å². The smallest absolute Gasteiger partial charge is 0.247 e. The van der Waals surface area contributed by atoms with Gasteiger partial charge in [-0.3, -0.25) is 4.79 Å². The van der Waals surface area contributed by atoms with Crippen molar-refractivity contribution in [3.63, 3.8) is 0 Å². The molecule has 0 unspecified atom stereocenters. The molecule has 0 aliphatic carbocycles. The third kappa shape index (κ3) is 3.35. The van der Waals surface area contributed by atoms with Gasteiger partial charge in [-0.1, -0.05) is 0 Å². The summed E-state index contributed by atoms with van der Waals surface area (Å²) in [5.41, 5.74) is 2.10. The molecule has 0 aliphatic rings. The van der Waals surface area contributed by atoms with E-state index in [1.165, 1.54) is 6.07 Å². The minimum atomic E-state index is -0.156. The number of hydrogen-bond acceptors (Lipinski definition) is 6. The molecule has 3 rings (SSSR count). The Morgan fingerprint density at radius 2 is 1.84 bits per heavy atom. The van der Waals surface area contributed by atoms with E-state index < -0.39 is 0 Å². The molecule has 25 heavy (non-hydrogen) atoms. The molecule has 0 fully saturated rings. The first kappa shape index (κ1) is 16.6. The Morgan fingerprint density at radius 1 is 1.12 bits per heavy atom. The highest BCUT2D eigenvalue weighted by atomic mass is 16.5. The van der Waals surface area contributed by atoms with Crippen molar-refractivity contribution in [1.29, 1.82) is 0 Å². The van der Waals surface area contributed by atoms with Crippen LogP contribution in [0.2, 0.25) is 0 Å². The van der Waals surface area contributed by atoms with Gasteiger partial charge in [-0.05, 0) is 26.0 Å². The van der Waals surface area contributed by atoms with Crippen molar-refractivity contribution in [2.75, 3.05) is 14.2 Å². The predicted molar refractivity (Wildman–Crippen MR) is 96.3 cm³/mol. The van der Waals surface area contributed by atoms with Gasteiger partial charge < -0.3 is 14.5 Å². The van der Waals surface area contributed by atoms with E-state index in [2.05, 4.69) is 19.9 Å². The molecule has 3 aromatic rings. The Bertz CT molecular complexity index is 1000. The molecule has 0 amide bonds. The van der Waals surface area contributed by atoms with E-state index in [4.69, 9.17) is 9.47 Å². The SMILES string of the molecule is COc1cc2nc(C)nc(N=C(C)c3ccc(=O)[nH]c3)c2cc1OC. The quantitative estimate of drug-likeness (QED) is 0.739. The largest absolute Gasteiger partial charge is 0.493 e. The van der Waals surface area contributed by atoms with Crippen molar-refractivity contribution in [1.82, 2.24) is 15.0 Å². The van der Waals surface area contributed by atoms with Gasteiger partial charge in [0.1, 0.15) is 5.82 Å². The van der Waals surface area contributed by atoms with Crippen molar-refractivity contribution < 1.29 is 9.47 Å². The molecule has 0 spiro atoms. The van der Waals surface area contributed by atoms with E-state index in [1.807, 2.05) is 19.9 Å². The highest BCUT2D eigenvalue weighted by Crippen LogP contribution is 2.35. The van der Waals surface area contributed by atoms with Crippen molar-refractivity contribution in [2.24, 2.45) is 4.99 Å². The summed E-state index contributed by atoms with van der Waals surface area (Å²) in [5, 5.41) is 0.757. The Morgan fingerprint density at radius 3 is 2.48 bits per heavy atom. The number of rotatable bonds is 4. The van der Waals surface area contributed by atoms with Crippen LogP contribution in [0.4, 0.5) is 5.82 Å². The van der Waals surface area contributed by atoms with Crippen molar-refractivity contribution in [3.05, 3.63) is 52.2 Å². The second-order valence-corrected chi connectivity index (χ2v) is 5.46. The number of fused-ring (bicyclic) bond motifs is 1. The van der Waals surface area contributed by atoms with Gasteiger partial charge in [-0.2, -0.15) is 0 Å². The molecule has 0 atom stereocenters. The van der Waals surface area contributed by atoms with Crippen molar-refractivity contribution >= 4 is 22.4 Å². The van der Waals surface area contributed by atoms with Crippen LogP contribution in [0.5, 0.6) is 11.5 Å². The fourth-order valence-electron chi connectivity index (χ4n) is 2.50. The van der Waals surface area contributed by atoms with Crippen LogP contribution in [-0.4, -0.2) is 34.9 Å². The number of nitrogens with one attached hydrogen (secondary N) is 1. The van der Waals surface area contributed by atoms with Crippen LogP contribution in [0.15, 0.2) is 40.2 Å². The highest BCUT2D eigenvalue weighted by molar-refractivity contribution is 6.02. The van der Waals surface area contributed by atoms with Crippen LogP contribution in [-0.2, 0) is 0 Å². The second-order valence-electron chi connectivity index (χ2n) is 5.46. The topological polar surface area (TPSA) is 89.5 Å². The Kier molecular flexibility index (Phi) is 4.47.